The molecule has 0 amide bonds. The van der Waals surface area contributed by atoms with Crippen LogP contribution in [0.15, 0.2) is 111 Å². The molecule has 0 bridgehead atoms. The second-order valence-corrected chi connectivity index (χ2v) is 12.4. The van der Waals surface area contributed by atoms with Gasteiger partial charge in [-0.3, -0.25) is 0 Å². The molecule has 3 heterocycles. The molecule has 11 nitrogen and oxygen atoms in total. The molecule has 236 valence electrons. The quantitative estimate of drug-likeness (QED) is 0.105. The number of aryl methyl sites for hydroxylation is 1. The van der Waals surface area contributed by atoms with E-state index in [2.05, 4.69) is 15.1 Å². The van der Waals surface area contributed by atoms with Gasteiger partial charge in [-0.2, -0.15) is 0 Å². The minimum absolute atomic E-state index is 0.0813. The van der Waals surface area contributed by atoms with Gasteiger partial charge in [-0.25, -0.2) is 22.7 Å². The molecule has 0 radical (unpaired) electrons. The molecule has 0 saturated carbocycles. The number of aromatic nitrogens is 4. The second kappa shape index (κ2) is 13.5. The summed E-state index contributed by atoms with van der Waals surface area (Å²) in [5, 5.41) is 4.01. The number of imidazole rings is 1. The smallest absolute Gasteiger partial charge is 0.269 e. The van der Waals surface area contributed by atoms with Gasteiger partial charge in [0.05, 0.1) is 30.0 Å². The molecule has 0 aliphatic heterocycles. The normalized spacial score (nSPS) is 11.6. The van der Waals surface area contributed by atoms with Gasteiger partial charge in [0.2, 0.25) is 11.8 Å². The van der Waals surface area contributed by atoms with Crippen LogP contribution in [0.2, 0.25) is 0 Å². The number of sulfonamides is 1. The summed E-state index contributed by atoms with van der Waals surface area (Å²) in [6.07, 6.45) is 6.76. The first kappa shape index (κ1) is 31.0. The van der Waals surface area contributed by atoms with Crippen LogP contribution in [0, 0.1) is 13.8 Å². The van der Waals surface area contributed by atoms with Gasteiger partial charge < -0.3 is 23.0 Å². The fourth-order valence-electron chi connectivity index (χ4n) is 5.15. The van der Waals surface area contributed by atoms with Crippen molar-refractivity contribution in [2.75, 3.05) is 31.4 Å². The minimum atomic E-state index is -4.23. The first-order valence-corrected chi connectivity index (χ1v) is 16.0. The fraction of sp³-hybridized carbons (Fsp3) is 0.206. The van der Waals surface area contributed by atoms with E-state index >= 15 is 0 Å². The van der Waals surface area contributed by atoms with E-state index < -0.39 is 10.0 Å². The van der Waals surface area contributed by atoms with Crippen molar-refractivity contribution in [1.29, 1.82) is 0 Å². The number of benzene rings is 3. The van der Waals surface area contributed by atoms with Crippen molar-refractivity contribution in [2.24, 2.45) is 0 Å². The highest BCUT2D eigenvalue weighted by molar-refractivity contribution is 7.93. The van der Waals surface area contributed by atoms with E-state index in [4.69, 9.17) is 18.4 Å². The molecule has 0 spiro atoms. The van der Waals surface area contributed by atoms with Gasteiger partial charge in [-0.05, 0) is 43.2 Å². The van der Waals surface area contributed by atoms with Crippen LogP contribution in [0.4, 0.5) is 5.88 Å². The van der Waals surface area contributed by atoms with Gasteiger partial charge >= 0.3 is 0 Å². The van der Waals surface area contributed by atoms with Crippen molar-refractivity contribution < 1.29 is 26.8 Å². The SMILES string of the molecule is COCCOCN(c1onc(C)c1C)S(=O)(=O)c1ccccc1-c1ccc(-c2ncco2)cc1Cn1ccnc1-c1ccccc1. The molecule has 0 fully saturated rings. The summed E-state index contributed by atoms with van der Waals surface area (Å²) in [5.41, 5.74) is 4.96. The number of oxazole rings is 1. The van der Waals surface area contributed by atoms with Gasteiger partial charge in [0.25, 0.3) is 10.0 Å². The lowest BCUT2D eigenvalue weighted by Gasteiger charge is -2.24. The highest BCUT2D eigenvalue weighted by atomic mass is 32.2. The molecule has 0 aliphatic carbocycles. The lowest BCUT2D eigenvalue weighted by Crippen LogP contribution is -2.34. The first-order valence-electron chi connectivity index (χ1n) is 14.6. The maximum Gasteiger partial charge on any atom is 0.269 e. The lowest BCUT2D eigenvalue weighted by molar-refractivity contribution is 0.0744. The molecular weight excluding hydrogens is 606 g/mol. The van der Waals surface area contributed by atoms with Crippen LogP contribution in [0.5, 0.6) is 0 Å². The van der Waals surface area contributed by atoms with Crippen molar-refractivity contribution in [3.05, 3.63) is 114 Å². The summed E-state index contributed by atoms with van der Waals surface area (Å²) < 4.78 is 54.2. The monoisotopic (exact) mass is 639 g/mol. The maximum atomic E-state index is 14.6. The highest BCUT2D eigenvalue weighted by Gasteiger charge is 2.33. The van der Waals surface area contributed by atoms with E-state index in [1.54, 1.807) is 51.6 Å². The largest absolute Gasteiger partial charge is 0.445 e. The molecule has 0 aliphatic rings. The highest BCUT2D eigenvalue weighted by Crippen LogP contribution is 2.37. The zero-order valence-corrected chi connectivity index (χ0v) is 26.5. The number of hydrogen-bond donors (Lipinski definition) is 0. The third kappa shape index (κ3) is 6.23. The zero-order chi connectivity index (χ0) is 32.1. The van der Waals surface area contributed by atoms with Crippen LogP contribution in [0.1, 0.15) is 16.8 Å². The Morgan fingerprint density at radius 3 is 2.43 bits per heavy atom. The van der Waals surface area contributed by atoms with Crippen LogP contribution in [0.3, 0.4) is 0 Å². The summed E-state index contributed by atoms with van der Waals surface area (Å²) in [4.78, 5) is 9.02. The second-order valence-electron chi connectivity index (χ2n) is 10.5. The van der Waals surface area contributed by atoms with Gasteiger partial charge in [-0.15, -0.1) is 0 Å². The number of methoxy groups -OCH3 is 1. The Balaban J connectivity index is 1.47. The predicted octanol–water partition coefficient (Wildman–Crippen LogP) is 6.34. The number of rotatable bonds is 13. The molecule has 0 N–H and O–H groups in total. The molecule has 12 heteroatoms. The molecule has 46 heavy (non-hydrogen) atoms. The Kier molecular flexibility index (Phi) is 9.11. The topological polar surface area (TPSA) is 126 Å². The summed E-state index contributed by atoms with van der Waals surface area (Å²) in [7, 11) is -2.68. The molecular formula is C34H33N5O6S. The Morgan fingerprint density at radius 1 is 0.891 bits per heavy atom. The first-order chi connectivity index (χ1) is 22.4. The van der Waals surface area contributed by atoms with Crippen molar-refractivity contribution in [1.82, 2.24) is 19.7 Å². The van der Waals surface area contributed by atoms with Crippen molar-refractivity contribution in [3.8, 4) is 34.0 Å². The van der Waals surface area contributed by atoms with Crippen molar-refractivity contribution in [3.63, 3.8) is 0 Å². The van der Waals surface area contributed by atoms with E-state index in [9.17, 15) is 8.42 Å². The summed E-state index contributed by atoms with van der Waals surface area (Å²) in [5.74, 6) is 1.33. The van der Waals surface area contributed by atoms with Crippen LogP contribution in [0.25, 0.3) is 34.0 Å². The van der Waals surface area contributed by atoms with Crippen LogP contribution < -0.4 is 4.31 Å². The van der Waals surface area contributed by atoms with Gasteiger partial charge in [0.15, 0.2) is 0 Å². The Hall–Kier alpha value is -5.04. The summed E-state index contributed by atoms with van der Waals surface area (Å²) >= 11 is 0. The molecule has 6 aromatic rings. The van der Waals surface area contributed by atoms with Gasteiger partial charge in [0, 0.05) is 48.3 Å². The molecule has 0 atom stereocenters. The molecule has 0 unspecified atom stereocenters. The van der Waals surface area contributed by atoms with E-state index in [-0.39, 0.29) is 24.1 Å². The number of ether oxygens (including phenoxy) is 2. The summed E-state index contributed by atoms with van der Waals surface area (Å²) in [6, 6.07) is 22.5. The fourth-order valence-corrected chi connectivity index (χ4v) is 6.70. The lowest BCUT2D eigenvalue weighted by atomic mass is 9.97. The van der Waals surface area contributed by atoms with E-state index in [1.165, 1.54) is 6.26 Å². The predicted molar refractivity (Wildman–Crippen MR) is 172 cm³/mol. The standard InChI is InChI=1S/C34H33N5O6S/c1-24-25(2)37-45-34(24)39(23-43-20-19-42-3)46(40,41)31-12-8-7-11-30(31)29-14-13-27(33-36-16-18-44-33)21-28(29)22-38-17-15-35-32(38)26-9-5-4-6-10-26/h4-18,21H,19-20,22-23H2,1-3H3. The maximum absolute atomic E-state index is 14.6. The minimum Gasteiger partial charge on any atom is -0.445 e. The van der Waals surface area contributed by atoms with E-state index in [0.717, 1.165) is 26.8 Å². The van der Waals surface area contributed by atoms with E-state index in [1.807, 2.05) is 65.4 Å². The Labute approximate surface area is 267 Å². The Morgan fingerprint density at radius 2 is 1.70 bits per heavy atom. The number of hydrogen-bond acceptors (Lipinski definition) is 9. The van der Waals surface area contributed by atoms with Crippen LogP contribution in [-0.2, 0) is 26.0 Å². The van der Waals surface area contributed by atoms with Gasteiger partial charge in [-0.1, -0.05) is 59.8 Å². The third-order valence-electron chi connectivity index (χ3n) is 7.62. The van der Waals surface area contributed by atoms with Crippen molar-refractivity contribution in [2.45, 2.75) is 25.3 Å². The number of nitrogens with zero attached hydrogens (tertiary/aromatic N) is 5. The average Bonchev–Trinajstić information content (AvgIpc) is 3.85. The molecule has 3 aromatic heterocycles. The number of anilines is 1. The zero-order valence-electron chi connectivity index (χ0n) is 25.7. The van der Waals surface area contributed by atoms with Crippen molar-refractivity contribution >= 4 is 15.9 Å². The van der Waals surface area contributed by atoms with Crippen LogP contribution in [-0.4, -0.2) is 55.2 Å². The third-order valence-corrected chi connectivity index (χ3v) is 9.38. The van der Waals surface area contributed by atoms with Crippen LogP contribution >= 0.6 is 0 Å². The van der Waals surface area contributed by atoms with Gasteiger partial charge in [0.1, 0.15) is 18.8 Å². The Bertz CT molecular complexity index is 2020. The average molecular weight is 640 g/mol. The molecule has 0 saturated heterocycles. The molecule has 3 aromatic carbocycles. The molecule has 6 rings (SSSR count). The summed E-state index contributed by atoms with van der Waals surface area (Å²) in [6.45, 7) is 4.12. The van der Waals surface area contributed by atoms with E-state index in [0.29, 0.717) is 41.4 Å².